The smallest absolute Gasteiger partial charge is 0.254 e. The molecule has 6 nitrogen and oxygen atoms in total. The molecule has 20 heavy (non-hydrogen) atoms. The summed E-state index contributed by atoms with van der Waals surface area (Å²) >= 11 is 0. The molecule has 0 saturated heterocycles. The molecule has 0 aliphatic carbocycles. The van der Waals surface area contributed by atoms with Crippen molar-refractivity contribution in [2.75, 3.05) is 12.8 Å². The maximum absolute atomic E-state index is 11.2. The van der Waals surface area contributed by atoms with Crippen molar-refractivity contribution in [3.63, 3.8) is 0 Å². The Morgan fingerprint density at radius 2 is 2.10 bits per heavy atom. The van der Waals surface area contributed by atoms with Crippen LogP contribution in [0.2, 0.25) is 0 Å². The molecule has 0 spiro atoms. The largest absolute Gasteiger partial charge is 0.497 e. The number of benzene rings is 1. The molecule has 0 radical (unpaired) electrons. The molecule has 2 rings (SSSR count). The first-order chi connectivity index (χ1) is 9.51. The van der Waals surface area contributed by atoms with Crippen LogP contribution >= 0.6 is 0 Å². The van der Waals surface area contributed by atoms with Gasteiger partial charge in [-0.2, -0.15) is 0 Å². The summed E-state index contributed by atoms with van der Waals surface area (Å²) in [5.41, 5.74) is 12.7. The zero-order chi connectivity index (χ0) is 14.7. The first kappa shape index (κ1) is 13.8. The summed E-state index contributed by atoms with van der Waals surface area (Å²) in [6.07, 6.45) is 0.501. The predicted octanol–water partition coefficient (Wildman–Crippen LogP) is 1.07. The van der Waals surface area contributed by atoms with Gasteiger partial charge in [0.05, 0.1) is 12.8 Å². The normalized spacial score (nSPS) is 10.3. The van der Waals surface area contributed by atoms with Gasteiger partial charge < -0.3 is 16.2 Å². The van der Waals surface area contributed by atoms with Crippen LogP contribution in [0.15, 0.2) is 24.3 Å². The average molecular weight is 272 g/mol. The monoisotopic (exact) mass is 272 g/mol. The topological polar surface area (TPSA) is 104 Å². The Balaban J connectivity index is 2.32. The van der Waals surface area contributed by atoms with Gasteiger partial charge in [0.1, 0.15) is 23.0 Å². The number of rotatable bonds is 4. The van der Waals surface area contributed by atoms with Crippen LogP contribution in [0.1, 0.15) is 27.4 Å². The van der Waals surface area contributed by atoms with Crippen molar-refractivity contribution in [1.82, 2.24) is 9.97 Å². The molecule has 0 atom stereocenters. The van der Waals surface area contributed by atoms with E-state index in [1.165, 1.54) is 0 Å². The van der Waals surface area contributed by atoms with Crippen molar-refractivity contribution in [3.8, 4) is 5.75 Å². The number of aryl methyl sites for hydroxylation is 1. The number of carbonyl (C=O) groups is 1. The second-order valence-corrected chi connectivity index (χ2v) is 4.38. The van der Waals surface area contributed by atoms with E-state index < -0.39 is 5.91 Å². The highest BCUT2D eigenvalue weighted by molar-refractivity contribution is 5.98. The maximum Gasteiger partial charge on any atom is 0.254 e. The highest BCUT2D eigenvalue weighted by Gasteiger charge is 2.14. The fourth-order valence-corrected chi connectivity index (χ4v) is 2.00. The molecule has 0 bridgehead atoms. The summed E-state index contributed by atoms with van der Waals surface area (Å²) in [5.74, 6) is 0.801. The average Bonchev–Trinajstić information content (AvgIpc) is 2.37. The van der Waals surface area contributed by atoms with E-state index in [9.17, 15) is 4.79 Å². The van der Waals surface area contributed by atoms with Gasteiger partial charge in [-0.25, -0.2) is 9.97 Å². The summed E-state index contributed by atoms with van der Waals surface area (Å²) in [6.45, 7) is 1.69. The Kier molecular flexibility index (Phi) is 3.84. The van der Waals surface area contributed by atoms with Crippen LogP contribution in [0.25, 0.3) is 0 Å². The van der Waals surface area contributed by atoms with Crippen molar-refractivity contribution in [2.45, 2.75) is 13.3 Å². The molecule has 1 heterocycles. The zero-order valence-electron chi connectivity index (χ0n) is 11.4. The van der Waals surface area contributed by atoms with E-state index in [4.69, 9.17) is 16.2 Å². The minimum Gasteiger partial charge on any atom is -0.497 e. The van der Waals surface area contributed by atoms with Crippen LogP contribution in [0, 0.1) is 6.92 Å². The SMILES string of the molecule is COc1cccc(Cc2nc(C)c(C(N)=O)c(N)n2)c1. The lowest BCUT2D eigenvalue weighted by Crippen LogP contribution is -2.18. The summed E-state index contributed by atoms with van der Waals surface area (Å²) in [4.78, 5) is 19.6. The number of primary amides is 1. The number of hydrogen-bond donors (Lipinski definition) is 2. The van der Waals surface area contributed by atoms with Gasteiger partial charge in [0, 0.05) is 6.42 Å². The number of nitrogen functional groups attached to an aromatic ring is 1. The molecule has 2 aromatic rings. The van der Waals surface area contributed by atoms with E-state index in [1.54, 1.807) is 14.0 Å². The number of methoxy groups -OCH3 is 1. The van der Waals surface area contributed by atoms with E-state index in [0.717, 1.165) is 11.3 Å². The molecule has 1 amide bonds. The summed E-state index contributed by atoms with van der Waals surface area (Å²) in [5, 5.41) is 0. The number of nitrogens with zero attached hydrogens (tertiary/aromatic N) is 2. The Labute approximate surface area is 116 Å². The molecule has 1 aromatic carbocycles. The maximum atomic E-state index is 11.2. The first-order valence-corrected chi connectivity index (χ1v) is 6.07. The highest BCUT2D eigenvalue weighted by atomic mass is 16.5. The van der Waals surface area contributed by atoms with E-state index in [1.807, 2.05) is 24.3 Å². The van der Waals surface area contributed by atoms with Gasteiger partial charge in [0.25, 0.3) is 5.91 Å². The van der Waals surface area contributed by atoms with Crippen LogP contribution in [0.3, 0.4) is 0 Å². The number of nitrogens with two attached hydrogens (primary N) is 2. The molecular weight excluding hydrogens is 256 g/mol. The molecule has 6 heteroatoms. The number of carbonyl (C=O) groups excluding carboxylic acids is 1. The lowest BCUT2D eigenvalue weighted by molar-refractivity contribution is 0.1000. The van der Waals surface area contributed by atoms with Gasteiger partial charge >= 0.3 is 0 Å². The van der Waals surface area contributed by atoms with Crippen molar-refractivity contribution in [3.05, 3.63) is 46.9 Å². The quantitative estimate of drug-likeness (QED) is 0.866. The van der Waals surface area contributed by atoms with Gasteiger partial charge in [0.15, 0.2) is 0 Å². The molecule has 0 aliphatic rings. The molecule has 0 fully saturated rings. The molecule has 4 N–H and O–H groups in total. The number of amides is 1. The third-order valence-electron chi connectivity index (χ3n) is 2.91. The van der Waals surface area contributed by atoms with Gasteiger partial charge in [-0.1, -0.05) is 12.1 Å². The summed E-state index contributed by atoms with van der Waals surface area (Å²) in [6, 6.07) is 7.60. The van der Waals surface area contributed by atoms with Crippen molar-refractivity contribution < 1.29 is 9.53 Å². The van der Waals surface area contributed by atoms with Gasteiger partial charge in [-0.15, -0.1) is 0 Å². The fourth-order valence-electron chi connectivity index (χ4n) is 2.00. The highest BCUT2D eigenvalue weighted by Crippen LogP contribution is 2.17. The van der Waals surface area contributed by atoms with Gasteiger partial charge in [0.2, 0.25) is 0 Å². The second-order valence-electron chi connectivity index (χ2n) is 4.38. The predicted molar refractivity (Wildman–Crippen MR) is 75.5 cm³/mol. The van der Waals surface area contributed by atoms with E-state index >= 15 is 0 Å². The third kappa shape index (κ3) is 2.85. The van der Waals surface area contributed by atoms with Crippen LogP contribution in [0.5, 0.6) is 5.75 Å². The zero-order valence-corrected chi connectivity index (χ0v) is 11.4. The van der Waals surface area contributed by atoms with Crippen LogP contribution in [-0.4, -0.2) is 23.0 Å². The minimum atomic E-state index is -0.618. The lowest BCUT2D eigenvalue weighted by Gasteiger charge is -2.08. The number of aromatic nitrogens is 2. The van der Waals surface area contributed by atoms with Crippen molar-refractivity contribution >= 4 is 11.7 Å². The molecule has 0 aliphatic heterocycles. The molecule has 0 saturated carbocycles. The van der Waals surface area contributed by atoms with E-state index in [-0.39, 0.29) is 11.4 Å². The molecule has 104 valence electrons. The molecule has 0 unspecified atom stereocenters. The lowest BCUT2D eigenvalue weighted by atomic mass is 10.1. The van der Waals surface area contributed by atoms with Gasteiger partial charge in [-0.3, -0.25) is 4.79 Å². The number of anilines is 1. The summed E-state index contributed by atoms with van der Waals surface area (Å²) < 4.78 is 5.16. The third-order valence-corrected chi connectivity index (χ3v) is 2.91. The van der Waals surface area contributed by atoms with Crippen molar-refractivity contribution in [1.29, 1.82) is 0 Å². The minimum absolute atomic E-state index is 0.114. The van der Waals surface area contributed by atoms with E-state index in [0.29, 0.717) is 17.9 Å². The Morgan fingerprint density at radius 1 is 1.35 bits per heavy atom. The van der Waals surface area contributed by atoms with Crippen LogP contribution < -0.4 is 16.2 Å². The molecule has 1 aromatic heterocycles. The van der Waals surface area contributed by atoms with Crippen LogP contribution in [-0.2, 0) is 6.42 Å². The van der Waals surface area contributed by atoms with Gasteiger partial charge in [-0.05, 0) is 24.6 Å². The Bertz CT molecular complexity index is 632. The first-order valence-electron chi connectivity index (χ1n) is 6.07. The molecular formula is C14H16N4O2. The summed E-state index contributed by atoms with van der Waals surface area (Å²) in [7, 11) is 1.61. The number of hydrogen-bond acceptors (Lipinski definition) is 5. The Hall–Kier alpha value is -2.63. The standard InChI is InChI=1S/C14H16N4O2/c1-8-12(14(16)19)13(15)18-11(17-8)7-9-4-3-5-10(6-9)20-2/h3-6H,7H2,1-2H3,(H2,16,19)(H2,15,17,18). The number of ether oxygens (including phenoxy) is 1. The fraction of sp³-hybridized carbons (Fsp3) is 0.214. The second kappa shape index (κ2) is 5.56. The van der Waals surface area contributed by atoms with E-state index in [2.05, 4.69) is 9.97 Å². The van der Waals surface area contributed by atoms with Crippen molar-refractivity contribution in [2.24, 2.45) is 5.73 Å². The van der Waals surface area contributed by atoms with Crippen LogP contribution in [0.4, 0.5) is 5.82 Å². The Morgan fingerprint density at radius 3 is 2.70 bits per heavy atom.